The maximum absolute atomic E-state index is 5.57. The van der Waals surface area contributed by atoms with Crippen molar-refractivity contribution < 1.29 is 9.15 Å². The van der Waals surface area contributed by atoms with Crippen LogP contribution in [0.2, 0.25) is 0 Å². The van der Waals surface area contributed by atoms with E-state index in [4.69, 9.17) is 9.15 Å². The second-order valence-electron chi connectivity index (χ2n) is 5.05. The number of hydrogen-bond acceptors (Lipinski definition) is 6. The van der Waals surface area contributed by atoms with Crippen LogP contribution in [-0.2, 0) is 4.74 Å². The fourth-order valence-electron chi connectivity index (χ4n) is 2.26. The molecule has 2 aromatic rings. The summed E-state index contributed by atoms with van der Waals surface area (Å²) >= 11 is 0. The number of rotatable bonds is 6. The zero-order valence-corrected chi connectivity index (χ0v) is 11.5. The molecule has 7 nitrogen and oxygen atoms in total. The van der Waals surface area contributed by atoms with Gasteiger partial charge in [0.15, 0.2) is 5.76 Å². The first kappa shape index (κ1) is 13.3. The summed E-state index contributed by atoms with van der Waals surface area (Å²) < 4.78 is 10.8. The molecule has 0 amide bonds. The second-order valence-corrected chi connectivity index (χ2v) is 5.05. The molecule has 3 heterocycles. The summed E-state index contributed by atoms with van der Waals surface area (Å²) in [5, 5.41) is 15.8. The highest BCUT2D eigenvalue weighted by Gasteiger charge is 2.16. The average molecular weight is 277 g/mol. The third-order valence-corrected chi connectivity index (χ3v) is 3.40. The minimum absolute atomic E-state index is 0.132. The third kappa shape index (κ3) is 3.05. The molecule has 0 spiro atoms. The number of nitrogens with one attached hydrogen (secondary N) is 1. The molecular formula is C13H19N5O2. The van der Waals surface area contributed by atoms with E-state index in [1.165, 1.54) is 6.42 Å². The van der Waals surface area contributed by atoms with Gasteiger partial charge in [-0.05, 0) is 37.1 Å². The Morgan fingerprint density at radius 3 is 3.25 bits per heavy atom. The Bertz CT molecular complexity index is 519. The fourth-order valence-corrected chi connectivity index (χ4v) is 2.26. The number of hydrogen-bond donors (Lipinski definition) is 1. The van der Waals surface area contributed by atoms with E-state index in [1.807, 2.05) is 12.1 Å². The van der Waals surface area contributed by atoms with E-state index in [0.717, 1.165) is 26.1 Å². The summed E-state index contributed by atoms with van der Waals surface area (Å²) in [5.74, 6) is 1.15. The molecule has 0 radical (unpaired) electrons. The molecular weight excluding hydrogens is 258 g/mol. The summed E-state index contributed by atoms with van der Waals surface area (Å²) in [6, 6.07) is 3.76. The molecule has 0 saturated carbocycles. The molecule has 3 rings (SSSR count). The summed E-state index contributed by atoms with van der Waals surface area (Å²) in [6.45, 7) is 4.60. The van der Waals surface area contributed by atoms with Crippen LogP contribution in [-0.4, -0.2) is 46.0 Å². The molecule has 1 aliphatic heterocycles. The van der Waals surface area contributed by atoms with Crippen molar-refractivity contribution in [3.63, 3.8) is 0 Å². The molecule has 0 aliphatic carbocycles. The molecule has 0 aromatic carbocycles. The smallest absolute Gasteiger partial charge is 0.240 e. The summed E-state index contributed by atoms with van der Waals surface area (Å²) in [4.78, 5) is 1.61. The molecule has 1 N–H and O–H groups in total. The maximum atomic E-state index is 5.57. The Balaban J connectivity index is 1.50. The van der Waals surface area contributed by atoms with Crippen LogP contribution in [0.25, 0.3) is 11.6 Å². The number of ether oxygens (including phenoxy) is 1. The lowest BCUT2D eigenvalue weighted by atomic mass is 10.2. The van der Waals surface area contributed by atoms with Gasteiger partial charge in [-0.15, -0.1) is 10.2 Å². The van der Waals surface area contributed by atoms with Crippen LogP contribution in [0.4, 0.5) is 0 Å². The zero-order valence-electron chi connectivity index (χ0n) is 11.5. The normalized spacial score (nSPS) is 20.4. The van der Waals surface area contributed by atoms with E-state index < -0.39 is 0 Å². The Hall–Kier alpha value is -1.73. The number of furan rings is 1. The fraction of sp³-hybridized carbons (Fsp3) is 0.615. The van der Waals surface area contributed by atoms with Crippen LogP contribution >= 0.6 is 0 Å². The molecule has 0 bridgehead atoms. The quantitative estimate of drug-likeness (QED) is 0.856. The van der Waals surface area contributed by atoms with E-state index in [0.29, 0.717) is 17.7 Å². The van der Waals surface area contributed by atoms with Crippen molar-refractivity contribution in [2.24, 2.45) is 0 Å². The Morgan fingerprint density at radius 1 is 1.55 bits per heavy atom. The summed E-state index contributed by atoms with van der Waals surface area (Å²) in [6.07, 6.45) is 4.26. The minimum Gasteiger partial charge on any atom is -0.461 e. The monoisotopic (exact) mass is 277 g/mol. The van der Waals surface area contributed by atoms with E-state index in [1.54, 1.807) is 11.1 Å². The van der Waals surface area contributed by atoms with Gasteiger partial charge >= 0.3 is 0 Å². The average Bonchev–Trinajstić information content (AvgIpc) is 3.20. The lowest BCUT2D eigenvalue weighted by Gasteiger charge is -2.14. The van der Waals surface area contributed by atoms with Crippen LogP contribution in [0.3, 0.4) is 0 Å². The van der Waals surface area contributed by atoms with Gasteiger partial charge in [-0.1, -0.05) is 0 Å². The van der Waals surface area contributed by atoms with Crippen LogP contribution in [0, 0.1) is 0 Å². The number of tetrazole rings is 1. The largest absolute Gasteiger partial charge is 0.461 e. The van der Waals surface area contributed by atoms with E-state index in [9.17, 15) is 0 Å². The van der Waals surface area contributed by atoms with Crippen LogP contribution in [0.5, 0.6) is 0 Å². The predicted molar refractivity (Wildman–Crippen MR) is 72.1 cm³/mol. The molecule has 1 aliphatic rings. The predicted octanol–water partition coefficient (Wildman–Crippen LogP) is 1.26. The zero-order chi connectivity index (χ0) is 13.8. The standard InChI is InChI=1S/C13H19N5O2/c1-10(8-14-9-11-4-2-6-19-11)18-16-13(15-17-18)12-5-3-7-20-12/h3,5,7,10-11,14H,2,4,6,8-9H2,1H3. The van der Waals surface area contributed by atoms with Gasteiger partial charge in [0.05, 0.1) is 18.4 Å². The van der Waals surface area contributed by atoms with Crippen molar-refractivity contribution in [2.45, 2.75) is 31.9 Å². The molecule has 1 saturated heterocycles. The van der Waals surface area contributed by atoms with Gasteiger partial charge in [0.2, 0.25) is 5.82 Å². The van der Waals surface area contributed by atoms with Crippen molar-refractivity contribution in [3.8, 4) is 11.6 Å². The van der Waals surface area contributed by atoms with E-state index in [2.05, 4.69) is 27.7 Å². The summed E-state index contributed by atoms with van der Waals surface area (Å²) in [7, 11) is 0. The maximum Gasteiger partial charge on any atom is 0.240 e. The lowest BCUT2D eigenvalue weighted by Crippen LogP contribution is -2.31. The van der Waals surface area contributed by atoms with Gasteiger partial charge in [0.1, 0.15) is 0 Å². The first-order chi connectivity index (χ1) is 9.83. The van der Waals surface area contributed by atoms with Gasteiger partial charge in [-0.2, -0.15) is 4.80 Å². The SMILES string of the molecule is CC(CNCC1CCCO1)n1nnc(-c2ccco2)n1. The first-order valence-corrected chi connectivity index (χ1v) is 6.98. The highest BCUT2D eigenvalue weighted by atomic mass is 16.5. The minimum atomic E-state index is 0.132. The van der Waals surface area contributed by atoms with Gasteiger partial charge in [0, 0.05) is 19.7 Å². The Kier molecular flexibility index (Phi) is 4.08. The molecule has 2 unspecified atom stereocenters. The first-order valence-electron chi connectivity index (χ1n) is 6.98. The molecule has 20 heavy (non-hydrogen) atoms. The van der Waals surface area contributed by atoms with Gasteiger partial charge in [-0.3, -0.25) is 0 Å². The van der Waals surface area contributed by atoms with Crippen LogP contribution in [0.1, 0.15) is 25.8 Å². The Morgan fingerprint density at radius 2 is 2.50 bits per heavy atom. The van der Waals surface area contributed by atoms with Crippen LogP contribution in [0.15, 0.2) is 22.8 Å². The second kappa shape index (κ2) is 6.15. The number of nitrogens with zero attached hydrogens (tertiary/aromatic N) is 4. The molecule has 7 heteroatoms. The van der Waals surface area contributed by atoms with Gasteiger partial charge in [-0.25, -0.2) is 0 Å². The third-order valence-electron chi connectivity index (χ3n) is 3.40. The van der Waals surface area contributed by atoms with Crippen molar-refractivity contribution in [3.05, 3.63) is 18.4 Å². The van der Waals surface area contributed by atoms with Crippen molar-refractivity contribution in [2.75, 3.05) is 19.7 Å². The molecule has 1 fully saturated rings. The van der Waals surface area contributed by atoms with Crippen LogP contribution < -0.4 is 5.32 Å². The number of aromatic nitrogens is 4. The van der Waals surface area contributed by atoms with Gasteiger partial charge < -0.3 is 14.5 Å². The van der Waals surface area contributed by atoms with E-state index >= 15 is 0 Å². The van der Waals surface area contributed by atoms with E-state index in [-0.39, 0.29) is 6.04 Å². The molecule has 2 aromatic heterocycles. The Labute approximate surface area is 117 Å². The molecule has 2 atom stereocenters. The summed E-state index contributed by atoms with van der Waals surface area (Å²) in [5.41, 5.74) is 0. The van der Waals surface area contributed by atoms with Crippen molar-refractivity contribution >= 4 is 0 Å². The van der Waals surface area contributed by atoms with Gasteiger partial charge in [0.25, 0.3) is 0 Å². The van der Waals surface area contributed by atoms with Crippen molar-refractivity contribution in [1.82, 2.24) is 25.5 Å². The van der Waals surface area contributed by atoms with Crippen molar-refractivity contribution in [1.29, 1.82) is 0 Å². The topological polar surface area (TPSA) is 78.0 Å². The highest BCUT2D eigenvalue weighted by Crippen LogP contribution is 2.14. The lowest BCUT2D eigenvalue weighted by molar-refractivity contribution is 0.109. The molecule has 108 valence electrons. The highest BCUT2D eigenvalue weighted by molar-refractivity contribution is 5.43.